The summed E-state index contributed by atoms with van der Waals surface area (Å²) in [6.45, 7) is 1.00. The molecule has 0 saturated carbocycles. The molecule has 0 radical (unpaired) electrons. The molecule has 1 N–H and O–H groups in total. The Kier molecular flexibility index (Phi) is 5.04. The molecule has 140 valence electrons. The molecule has 0 saturated heterocycles. The highest BCUT2D eigenvalue weighted by Crippen LogP contribution is 2.27. The van der Waals surface area contributed by atoms with E-state index in [4.69, 9.17) is 0 Å². The number of aromatic nitrogens is 1. The van der Waals surface area contributed by atoms with E-state index in [1.165, 1.54) is 5.56 Å². The molecular formula is C24H23N3O. The maximum atomic E-state index is 13.0. The minimum absolute atomic E-state index is 0.143. The third-order valence-corrected chi connectivity index (χ3v) is 4.92. The molecular weight excluding hydrogens is 346 g/mol. The van der Waals surface area contributed by atoms with E-state index in [9.17, 15) is 4.79 Å². The maximum absolute atomic E-state index is 13.0. The molecule has 0 aliphatic heterocycles. The molecule has 0 atom stereocenters. The van der Waals surface area contributed by atoms with Gasteiger partial charge in [-0.15, -0.1) is 0 Å². The van der Waals surface area contributed by atoms with Gasteiger partial charge in [0.05, 0.1) is 11.1 Å². The zero-order chi connectivity index (χ0) is 19.5. The molecule has 1 aromatic heterocycles. The number of nitrogens with one attached hydrogen (secondary N) is 1. The molecule has 0 spiro atoms. The van der Waals surface area contributed by atoms with Crippen LogP contribution >= 0.6 is 0 Å². The van der Waals surface area contributed by atoms with E-state index in [-0.39, 0.29) is 5.91 Å². The third kappa shape index (κ3) is 3.73. The molecule has 0 fully saturated rings. The Morgan fingerprint density at radius 1 is 0.964 bits per heavy atom. The number of fused-ring (bicyclic) bond motifs is 3. The van der Waals surface area contributed by atoms with Crippen molar-refractivity contribution in [2.75, 3.05) is 26.0 Å². The summed E-state index contributed by atoms with van der Waals surface area (Å²) in [6, 6.07) is 22.0. The summed E-state index contributed by atoms with van der Waals surface area (Å²) in [7, 11) is 4.13. The van der Waals surface area contributed by atoms with Gasteiger partial charge < -0.3 is 10.2 Å². The predicted molar refractivity (Wildman–Crippen MR) is 116 cm³/mol. The highest BCUT2D eigenvalue weighted by atomic mass is 16.1. The zero-order valence-corrected chi connectivity index (χ0v) is 16.1. The summed E-state index contributed by atoms with van der Waals surface area (Å²) in [4.78, 5) is 19.7. The van der Waals surface area contributed by atoms with Crippen LogP contribution in [0.4, 0.5) is 5.69 Å². The Morgan fingerprint density at radius 3 is 2.50 bits per heavy atom. The second kappa shape index (κ2) is 7.79. The van der Waals surface area contributed by atoms with Crippen LogP contribution in [0.25, 0.3) is 21.7 Å². The summed E-state index contributed by atoms with van der Waals surface area (Å²) >= 11 is 0. The van der Waals surface area contributed by atoms with Gasteiger partial charge in [0.25, 0.3) is 5.91 Å². The van der Waals surface area contributed by atoms with Crippen molar-refractivity contribution in [1.29, 1.82) is 0 Å². The first-order valence-electron chi connectivity index (χ1n) is 9.43. The van der Waals surface area contributed by atoms with Crippen molar-refractivity contribution in [2.45, 2.75) is 6.42 Å². The van der Waals surface area contributed by atoms with Gasteiger partial charge in [0.2, 0.25) is 0 Å². The van der Waals surface area contributed by atoms with Gasteiger partial charge in [-0.3, -0.25) is 9.78 Å². The average Bonchev–Trinajstić information content (AvgIpc) is 2.72. The summed E-state index contributed by atoms with van der Waals surface area (Å²) in [5.41, 5.74) is 3.35. The van der Waals surface area contributed by atoms with Crippen LogP contribution in [0.5, 0.6) is 0 Å². The molecule has 4 aromatic rings. The quantitative estimate of drug-likeness (QED) is 0.517. The molecule has 4 rings (SSSR count). The summed E-state index contributed by atoms with van der Waals surface area (Å²) in [6.07, 6.45) is 2.72. The summed E-state index contributed by atoms with van der Waals surface area (Å²) in [5, 5.41) is 6.15. The monoisotopic (exact) mass is 369 g/mol. The molecule has 1 heterocycles. The molecule has 4 heteroatoms. The first-order chi connectivity index (χ1) is 13.6. The second-order valence-corrected chi connectivity index (χ2v) is 7.25. The number of benzene rings is 3. The number of hydrogen-bond acceptors (Lipinski definition) is 3. The number of rotatable bonds is 5. The summed E-state index contributed by atoms with van der Waals surface area (Å²) in [5.74, 6) is -0.143. The van der Waals surface area contributed by atoms with Crippen LogP contribution in [-0.2, 0) is 6.42 Å². The zero-order valence-electron chi connectivity index (χ0n) is 16.1. The van der Waals surface area contributed by atoms with Crippen molar-refractivity contribution in [3.63, 3.8) is 0 Å². The van der Waals surface area contributed by atoms with Crippen LogP contribution in [0.1, 0.15) is 15.9 Å². The Hall–Kier alpha value is -3.24. The van der Waals surface area contributed by atoms with E-state index < -0.39 is 0 Å². The Labute approximate surface area is 164 Å². The van der Waals surface area contributed by atoms with Crippen molar-refractivity contribution in [2.24, 2.45) is 0 Å². The van der Waals surface area contributed by atoms with Crippen molar-refractivity contribution in [3.8, 4) is 0 Å². The number of carbonyl (C=O) groups is 1. The molecule has 0 aliphatic rings. The number of hydrogen-bond donors (Lipinski definition) is 1. The normalized spacial score (nSPS) is 11.2. The lowest BCUT2D eigenvalue weighted by atomic mass is 10.0. The number of nitrogens with zero attached hydrogens (tertiary/aromatic N) is 2. The van der Waals surface area contributed by atoms with E-state index in [0.717, 1.165) is 40.3 Å². The largest absolute Gasteiger partial charge is 0.322 e. The van der Waals surface area contributed by atoms with Gasteiger partial charge in [-0.2, -0.15) is 0 Å². The van der Waals surface area contributed by atoms with E-state index in [1.807, 2.05) is 48.5 Å². The minimum atomic E-state index is -0.143. The van der Waals surface area contributed by atoms with Gasteiger partial charge >= 0.3 is 0 Å². The summed E-state index contributed by atoms with van der Waals surface area (Å²) < 4.78 is 0. The van der Waals surface area contributed by atoms with Gasteiger partial charge in [0.1, 0.15) is 0 Å². The van der Waals surface area contributed by atoms with E-state index in [2.05, 4.69) is 47.5 Å². The number of amides is 1. The fourth-order valence-electron chi connectivity index (χ4n) is 3.41. The lowest BCUT2D eigenvalue weighted by Gasteiger charge is -2.12. The molecule has 0 bridgehead atoms. The van der Waals surface area contributed by atoms with Crippen LogP contribution < -0.4 is 5.32 Å². The van der Waals surface area contributed by atoms with Crippen LogP contribution in [-0.4, -0.2) is 36.4 Å². The highest BCUT2D eigenvalue weighted by Gasteiger charge is 2.14. The molecule has 3 aromatic carbocycles. The van der Waals surface area contributed by atoms with Gasteiger partial charge in [-0.25, -0.2) is 0 Å². The topological polar surface area (TPSA) is 45.2 Å². The lowest BCUT2D eigenvalue weighted by molar-refractivity contribution is 0.102. The fourth-order valence-corrected chi connectivity index (χ4v) is 3.41. The van der Waals surface area contributed by atoms with Gasteiger partial charge in [-0.1, -0.05) is 42.5 Å². The first kappa shape index (κ1) is 18.1. The fraction of sp³-hybridized carbons (Fsp3) is 0.167. The SMILES string of the molecule is CN(C)CCc1ccc(NC(=O)c2cc3ccccc3c3cccnc23)cc1. The highest BCUT2D eigenvalue weighted by molar-refractivity contribution is 6.18. The number of anilines is 1. The van der Waals surface area contributed by atoms with Crippen molar-refractivity contribution < 1.29 is 4.79 Å². The number of pyridine rings is 1. The second-order valence-electron chi connectivity index (χ2n) is 7.25. The van der Waals surface area contributed by atoms with Crippen molar-refractivity contribution in [1.82, 2.24) is 9.88 Å². The Bertz CT molecular complexity index is 1130. The van der Waals surface area contributed by atoms with Crippen molar-refractivity contribution in [3.05, 3.63) is 84.1 Å². The third-order valence-electron chi connectivity index (χ3n) is 4.92. The van der Waals surface area contributed by atoms with Gasteiger partial charge in [-0.05, 0) is 61.1 Å². The molecule has 4 nitrogen and oxygen atoms in total. The average molecular weight is 369 g/mol. The van der Waals surface area contributed by atoms with Crippen LogP contribution in [0.3, 0.4) is 0 Å². The Balaban J connectivity index is 1.63. The smallest absolute Gasteiger partial charge is 0.257 e. The molecule has 0 aliphatic carbocycles. The molecule has 0 unspecified atom stereocenters. The van der Waals surface area contributed by atoms with E-state index in [1.54, 1.807) is 6.20 Å². The lowest BCUT2D eigenvalue weighted by Crippen LogP contribution is -2.15. The van der Waals surface area contributed by atoms with Crippen LogP contribution in [0, 0.1) is 0 Å². The van der Waals surface area contributed by atoms with Gasteiger partial charge in [0.15, 0.2) is 0 Å². The van der Waals surface area contributed by atoms with E-state index >= 15 is 0 Å². The number of likely N-dealkylation sites (N-methyl/N-ethyl adjacent to an activating group) is 1. The molecule has 28 heavy (non-hydrogen) atoms. The van der Waals surface area contributed by atoms with Crippen LogP contribution in [0.15, 0.2) is 72.9 Å². The standard InChI is InChI=1S/C24H23N3O/c1-27(2)15-13-17-9-11-19(12-10-17)26-24(28)22-16-18-6-3-4-7-20(18)21-8-5-14-25-23(21)22/h3-12,14,16H,13,15H2,1-2H3,(H,26,28). The van der Waals surface area contributed by atoms with Crippen molar-refractivity contribution >= 4 is 33.3 Å². The molecule has 1 amide bonds. The first-order valence-corrected chi connectivity index (χ1v) is 9.43. The minimum Gasteiger partial charge on any atom is -0.322 e. The number of carbonyl (C=O) groups excluding carboxylic acids is 1. The predicted octanol–water partition coefficient (Wildman–Crippen LogP) is 4.74. The Morgan fingerprint density at radius 2 is 1.71 bits per heavy atom. The van der Waals surface area contributed by atoms with Gasteiger partial charge in [0, 0.05) is 23.8 Å². The van der Waals surface area contributed by atoms with Crippen LogP contribution in [0.2, 0.25) is 0 Å². The van der Waals surface area contributed by atoms with E-state index in [0.29, 0.717) is 5.56 Å². The maximum Gasteiger partial charge on any atom is 0.257 e.